The minimum atomic E-state index is -0.517. The van der Waals surface area contributed by atoms with E-state index < -0.39 is 5.91 Å². The van der Waals surface area contributed by atoms with Gasteiger partial charge in [0.1, 0.15) is 5.69 Å². The van der Waals surface area contributed by atoms with Gasteiger partial charge in [-0.1, -0.05) is 0 Å². The number of amides is 1. The Bertz CT molecular complexity index is 361. The van der Waals surface area contributed by atoms with Crippen LogP contribution < -0.4 is 5.73 Å². The zero-order valence-electron chi connectivity index (χ0n) is 8.35. The zero-order valence-corrected chi connectivity index (χ0v) is 8.35. The topological polar surface area (TPSA) is 78.1 Å². The van der Waals surface area contributed by atoms with E-state index >= 15 is 0 Å². The number of hydrogen-bond acceptors (Lipinski definition) is 4. The first kappa shape index (κ1) is 10.0. The monoisotopic (exact) mass is 207 g/mol. The maximum atomic E-state index is 11.1. The lowest BCUT2D eigenvalue weighted by Gasteiger charge is -2.08. The number of hydrogen-bond donors (Lipinski definition) is 1. The maximum Gasteiger partial charge on any atom is 0.269 e. The molecule has 1 atom stereocenters. The van der Waals surface area contributed by atoms with E-state index in [1.54, 1.807) is 6.20 Å². The van der Waals surface area contributed by atoms with Gasteiger partial charge in [0.25, 0.3) is 5.91 Å². The van der Waals surface area contributed by atoms with Crippen LogP contribution in [0.4, 0.5) is 0 Å². The van der Waals surface area contributed by atoms with Crippen LogP contribution >= 0.6 is 0 Å². The number of nitrogens with zero attached hydrogens (tertiary/aromatic N) is 2. The van der Waals surface area contributed by atoms with Crippen molar-refractivity contribution in [1.82, 2.24) is 9.97 Å². The quantitative estimate of drug-likeness (QED) is 0.765. The van der Waals surface area contributed by atoms with E-state index in [-0.39, 0.29) is 5.69 Å². The summed E-state index contributed by atoms with van der Waals surface area (Å²) in [6.45, 7) is 1.52. The van der Waals surface area contributed by atoms with Gasteiger partial charge in [0.2, 0.25) is 0 Å². The van der Waals surface area contributed by atoms with Crippen molar-refractivity contribution in [2.45, 2.75) is 12.8 Å². The van der Waals surface area contributed by atoms with E-state index in [0.717, 1.165) is 19.6 Å². The number of primary amides is 1. The number of rotatable bonds is 3. The molecule has 1 aromatic heterocycles. The van der Waals surface area contributed by atoms with Gasteiger partial charge in [0, 0.05) is 25.6 Å². The first-order valence-electron chi connectivity index (χ1n) is 4.95. The molecule has 80 valence electrons. The summed E-state index contributed by atoms with van der Waals surface area (Å²) in [5.41, 5.74) is 6.18. The third kappa shape index (κ3) is 2.30. The molecule has 15 heavy (non-hydrogen) atoms. The zero-order chi connectivity index (χ0) is 10.7. The summed E-state index contributed by atoms with van der Waals surface area (Å²) in [7, 11) is 0. The van der Waals surface area contributed by atoms with Crippen molar-refractivity contribution < 1.29 is 9.53 Å². The highest BCUT2D eigenvalue weighted by atomic mass is 16.5. The van der Waals surface area contributed by atoms with Crippen LogP contribution in [0.25, 0.3) is 0 Å². The fourth-order valence-electron chi connectivity index (χ4n) is 1.74. The van der Waals surface area contributed by atoms with Crippen LogP contribution in [0.5, 0.6) is 0 Å². The molecule has 1 aromatic rings. The summed E-state index contributed by atoms with van der Waals surface area (Å²) in [5.74, 6) is -0.0863. The molecule has 0 radical (unpaired) electrons. The average Bonchev–Trinajstić information content (AvgIpc) is 2.71. The van der Waals surface area contributed by atoms with Crippen molar-refractivity contribution >= 4 is 5.91 Å². The molecule has 1 unspecified atom stereocenters. The van der Waals surface area contributed by atoms with E-state index in [1.165, 1.54) is 6.20 Å². The summed E-state index contributed by atoms with van der Waals surface area (Å²) in [4.78, 5) is 19.2. The van der Waals surface area contributed by atoms with Crippen LogP contribution in [0.1, 0.15) is 22.6 Å². The van der Waals surface area contributed by atoms with Gasteiger partial charge in [-0.15, -0.1) is 0 Å². The van der Waals surface area contributed by atoms with Crippen LogP contribution in [-0.4, -0.2) is 29.1 Å². The average molecular weight is 207 g/mol. The normalized spacial score (nSPS) is 20.4. The molecule has 5 heteroatoms. The number of carbonyl (C=O) groups is 1. The highest BCUT2D eigenvalue weighted by molar-refractivity contribution is 5.91. The minimum absolute atomic E-state index is 0.282. The van der Waals surface area contributed by atoms with Crippen molar-refractivity contribution in [2.75, 3.05) is 13.2 Å². The van der Waals surface area contributed by atoms with Gasteiger partial charge in [0.05, 0.1) is 5.69 Å². The molecule has 0 saturated carbocycles. The second-order valence-electron chi connectivity index (χ2n) is 3.65. The summed E-state index contributed by atoms with van der Waals surface area (Å²) in [6, 6.07) is 0. The molecule has 2 rings (SSSR count). The van der Waals surface area contributed by atoms with Crippen LogP contribution in [0.3, 0.4) is 0 Å². The molecule has 0 aliphatic carbocycles. The summed E-state index contributed by atoms with van der Waals surface area (Å²) in [6.07, 6.45) is 4.78. The molecule has 0 spiro atoms. The molecule has 0 aromatic carbocycles. The van der Waals surface area contributed by atoms with Crippen molar-refractivity contribution in [2.24, 2.45) is 11.7 Å². The van der Waals surface area contributed by atoms with Crippen molar-refractivity contribution in [3.05, 3.63) is 23.8 Å². The lowest BCUT2D eigenvalue weighted by atomic mass is 10.0. The molecule has 5 nitrogen and oxygen atoms in total. The second-order valence-corrected chi connectivity index (χ2v) is 3.65. The standard InChI is InChI=1S/C10H13N3O2/c11-10(14)9-8(12-2-3-13-9)5-7-1-4-15-6-7/h2-3,7H,1,4-6H2,(H2,11,14). The Labute approximate surface area is 87.7 Å². The molecule has 1 amide bonds. The van der Waals surface area contributed by atoms with Crippen molar-refractivity contribution in [3.63, 3.8) is 0 Å². The molecule has 0 bridgehead atoms. The molecule has 2 heterocycles. The van der Waals surface area contributed by atoms with Gasteiger partial charge in [-0.25, -0.2) is 4.98 Å². The molecule has 1 aliphatic rings. The van der Waals surface area contributed by atoms with Crippen LogP contribution in [0.15, 0.2) is 12.4 Å². The molecule has 2 N–H and O–H groups in total. The van der Waals surface area contributed by atoms with Crippen molar-refractivity contribution in [3.8, 4) is 0 Å². The predicted molar refractivity (Wildman–Crippen MR) is 53.2 cm³/mol. The molecular formula is C10H13N3O2. The summed E-state index contributed by atoms with van der Waals surface area (Å²) >= 11 is 0. The third-order valence-corrected chi connectivity index (χ3v) is 2.51. The first-order valence-corrected chi connectivity index (χ1v) is 4.95. The van der Waals surface area contributed by atoms with Gasteiger partial charge in [-0.3, -0.25) is 9.78 Å². The summed E-state index contributed by atoms with van der Waals surface area (Å²) < 4.78 is 5.27. The van der Waals surface area contributed by atoms with Gasteiger partial charge in [-0.05, 0) is 18.8 Å². The first-order chi connectivity index (χ1) is 7.27. The highest BCUT2D eigenvalue weighted by Crippen LogP contribution is 2.18. The van der Waals surface area contributed by atoms with E-state index in [2.05, 4.69) is 9.97 Å². The molecule has 1 fully saturated rings. The molecule has 1 aliphatic heterocycles. The fraction of sp³-hybridized carbons (Fsp3) is 0.500. The minimum Gasteiger partial charge on any atom is -0.381 e. The number of aromatic nitrogens is 2. The van der Waals surface area contributed by atoms with Gasteiger partial charge >= 0.3 is 0 Å². The van der Waals surface area contributed by atoms with E-state index in [9.17, 15) is 4.79 Å². The smallest absolute Gasteiger partial charge is 0.269 e. The second kappa shape index (κ2) is 4.35. The SMILES string of the molecule is NC(=O)c1nccnc1CC1CCOC1. The van der Waals surface area contributed by atoms with E-state index in [0.29, 0.717) is 18.0 Å². The fourth-order valence-corrected chi connectivity index (χ4v) is 1.74. The van der Waals surface area contributed by atoms with Crippen LogP contribution in [0, 0.1) is 5.92 Å². The van der Waals surface area contributed by atoms with Crippen molar-refractivity contribution in [1.29, 1.82) is 0 Å². The highest BCUT2D eigenvalue weighted by Gasteiger charge is 2.20. The van der Waals surface area contributed by atoms with Gasteiger partial charge in [0.15, 0.2) is 0 Å². The Kier molecular flexibility index (Phi) is 2.91. The van der Waals surface area contributed by atoms with E-state index in [4.69, 9.17) is 10.5 Å². The molecule has 1 saturated heterocycles. The lowest BCUT2D eigenvalue weighted by Crippen LogP contribution is -2.18. The summed E-state index contributed by atoms with van der Waals surface area (Å²) in [5, 5.41) is 0. The Morgan fingerprint density at radius 3 is 3.00 bits per heavy atom. The largest absolute Gasteiger partial charge is 0.381 e. The Morgan fingerprint density at radius 2 is 2.33 bits per heavy atom. The number of carbonyl (C=O) groups excluding carboxylic acids is 1. The predicted octanol–water partition coefficient (Wildman–Crippen LogP) is 0.154. The van der Waals surface area contributed by atoms with Gasteiger partial charge < -0.3 is 10.5 Å². The Balaban J connectivity index is 2.15. The number of nitrogens with two attached hydrogens (primary N) is 1. The third-order valence-electron chi connectivity index (χ3n) is 2.51. The lowest BCUT2D eigenvalue weighted by molar-refractivity contribution is 0.0993. The number of ether oxygens (including phenoxy) is 1. The van der Waals surface area contributed by atoms with E-state index in [1.807, 2.05) is 0 Å². The Hall–Kier alpha value is -1.49. The van der Waals surface area contributed by atoms with Crippen LogP contribution in [0.2, 0.25) is 0 Å². The maximum absolute atomic E-state index is 11.1. The Morgan fingerprint density at radius 1 is 1.53 bits per heavy atom. The molecular weight excluding hydrogens is 194 g/mol. The van der Waals surface area contributed by atoms with Gasteiger partial charge in [-0.2, -0.15) is 0 Å². The van der Waals surface area contributed by atoms with Crippen LogP contribution in [-0.2, 0) is 11.2 Å².